The zero-order chi connectivity index (χ0) is 18.6. The molecule has 1 heterocycles. The van der Waals surface area contributed by atoms with Crippen LogP contribution in [0.2, 0.25) is 0 Å². The molecule has 0 unspecified atom stereocenters. The lowest BCUT2D eigenvalue weighted by atomic mass is 10.2. The molecule has 0 aliphatic heterocycles. The molecular weight excluding hydrogens is 350 g/mol. The van der Waals surface area contributed by atoms with Crippen LogP contribution in [0.3, 0.4) is 0 Å². The fourth-order valence-corrected chi connectivity index (χ4v) is 2.97. The van der Waals surface area contributed by atoms with Crippen LogP contribution in [0.15, 0.2) is 65.4 Å². The molecule has 6 nitrogen and oxygen atoms in total. The number of rotatable bonds is 7. The molecule has 0 spiro atoms. The summed E-state index contributed by atoms with van der Waals surface area (Å²) in [6.45, 7) is 3.93. The van der Waals surface area contributed by atoms with Crippen molar-refractivity contribution in [2.24, 2.45) is 0 Å². The molecule has 0 aliphatic rings. The first-order valence-corrected chi connectivity index (χ1v) is 9.83. The van der Waals surface area contributed by atoms with Gasteiger partial charge in [0.1, 0.15) is 6.26 Å². The molecule has 2 aromatic carbocycles. The first-order chi connectivity index (χ1) is 12.4. The molecule has 0 atom stereocenters. The average molecular weight is 371 g/mol. The molecule has 0 amide bonds. The second kappa shape index (κ2) is 7.61. The summed E-state index contributed by atoms with van der Waals surface area (Å²) >= 11 is 0. The monoisotopic (exact) mass is 371 g/mol. The lowest BCUT2D eigenvalue weighted by Gasteiger charge is -2.12. The van der Waals surface area contributed by atoms with Crippen molar-refractivity contribution >= 4 is 21.4 Å². The summed E-state index contributed by atoms with van der Waals surface area (Å²) in [5.74, 6) is 0.594. The Hall–Kier alpha value is -2.80. The summed E-state index contributed by atoms with van der Waals surface area (Å²) in [5.41, 5.74) is 3.51. The first-order valence-electron chi connectivity index (χ1n) is 8.28. The predicted octanol–water partition coefficient (Wildman–Crippen LogP) is 4.10. The Morgan fingerprint density at radius 2 is 1.65 bits per heavy atom. The summed E-state index contributed by atoms with van der Waals surface area (Å²) in [7, 11) is -3.32. The van der Waals surface area contributed by atoms with E-state index in [2.05, 4.69) is 15.0 Å². The summed E-state index contributed by atoms with van der Waals surface area (Å²) in [6.07, 6.45) is 3.17. The smallest absolute Gasteiger partial charge is 0.235 e. The average Bonchev–Trinajstić information content (AvgIpc) is 3.16. The molecule has 26 heavy (non-hydrogen) atoms. The van der Waals surface area contributed by atoms with E-state index in [9.17, 15) is 8.42 Å². The highest BCUT2D eigenvalue weighted by Crippen LogP contribution is 2.20. The third-order valence-corrected chi connectivity index (χ3v) is 5.66. The largest absolute Gasteiger partial charge is 0.445 e. The summed E-state index contributed by atoms with van der Waals surface area (Å²) in [6, 6.07) is 15.1. The van der Waals surface area contributed by atoms with Crippen LogP contribution >= 0.6 is 0 Å². The van der Waals surface area contributed by atoms with Crippen molar-refractivity contribution in [2.45, 2.75) is 25.6 Å². The van der Waals surface area contributed by atoms with Gasteiger partial charge in [0, 0.05) is 23.5 Å². The number of anilines is 2. The van der Waals surface area contributed by atoms with Crippen molar-refractivity contribution in [1.82, 2.24) is 4.98 Å². The van der Waals surface area contributed by atoms with Crippen molar-refractivity contribution < 1.29 is 12.8 Å². The summed E-state index contributed by atoms with van der Waals surface area (Å²) in [5, 5.41) is 2.86. The standard InChI is InChI=1S/C19H21N3O3S/c1-14(2)26(23,24)22-18-7-3-15(4-8-18)13-21-17-9-5-16(6-10-17)19-20-11-12-25-19/h3-12,14,21-22H,13H2,1-2H3. The van der Waals surface area contributed by atoms with Crippen LogP contribution in [0.5, 0.6) is 0 Å². The van der Waals surface area contributed by atoms with Gasteiger partial charge >= 0.3 is 0 Å². The molecule has 0 saturated heterocycles. The van der Waals surface area contributed by atoms with E-state index in [-0.39, 0.29) is 0 Å². The Balaban J connectivity index is 1.58. The lowest BCUT2D eigenvalue weighted by molar-refractivity contribution is 0.574. The SMILES string of the molecule is CC(C)S(=O)(=O)Nc1ccc(CNc2ccc(-c3ncco3)cc2)cc1. The second-order valence-corrected chi connectivity index (χ2v) is 8.40. The van der Waals surface area contributed by atoms with Crippen molar-refractivity contribution in [2.75, 3.05) is 10.0 Å². The molecule has 3 aromatic rings. The minimum Gasteiger partial charge on any atom is -0.445 e. The molecule has 7 heteroatoms. The molecule has 0 radical (unpaired) electrons. The van der Waals surface area contributed by atoms with E-state index in [1.165, 1.54) is 0 Å². The Morgan fingerprint density at radius 3 is 2.23 bits per heavy atom. The van der Waals surface area contributed by atoms with Gasteiger partial charge in [0.05, 0.1) is 11.4 Å². The Labute approximate surface area is 153 Å². The Kier molecular flexibility index (Phi) is 5.27. The van der Waals surface area contributed by atoms with Gasteiger partial charge < -0.3 is 9.73 Å². The van der Waals surface area contributed by atoms with E-state index in [1.54, 1.807) is 38.4 Å². The van der Waals surface area contributed by atoms with Crippen LogP contribution in [0.4, 0.5) is 11.4 Å². The Bertz CT molecular complexity index is 933. The maximum absolute atomic E-state index is 11.9. The quantitative estimate of drug-likeness (QED) is 0.653. The van der Waals surface area contributed by atoms with Crippen molar-refractivity contribution in [3.8, 4) is 11.5 Å². The highest BCUT2D eigenvalue weighted by atomic mass is 32.2. The number of nitrogens with zero attached hydrogens (tertiary/aromatic N) is 1. The fourth-order valence-electron chi connectivity index (χ4n) is 2.27. The number of hydrogen-bond donors (Lipinski definition) is 2. The number of nitrogens with one attached hydrogen (secondary N) is 2. The molecule has 3 rings (SSSR count). The first kappa shape index (κ1) is 18.0. The van der Waals surface area contributed by atoms with Gasteiger partial charge in [-0.3, -0.25) is 4.72 Å². The minimum absolute atomic E-state index is 0.469. The van der Waals surface area contributed by atoms with E-state index in [1.807, 2.05) is 36.4 Å². The molecule has 0 saturated carbocycles. The van der Waals surface area contributed by atoms with E-state index in [0.717, 1.165) is 16.8 Å². The van der Waals surface area contributed by atoms with Gasteiger partial charge in [-0.2, -0.15) is 0 Å². The van der Waals surface area contributed by atoms with Crippen LogP contribution in [0.25, 0.3) is 11.5 Å². The van der Waals surface area contributed by atoms with Gasteiger partial charge in [-0.1, -0.05) is 12.1 Å². The van der Waals surface area contributed by atoms with E-state index < -0.39 is 15.3 Å². The molecule has 0 fully saturated rings. The van der Waals surface area contributed by atoms with Crippen LogP contribution in [-0.4, -0.2) is 18.7 Å². The van der Waals surface area contributed by atoms with Crippen LogP contribution in [0, 0.1) is 0 Å². The minimum atomic E-state index is -3.32. The van der Waals surface area contributed by atoms with Crippen molar-refractivity contribution in [1.29, 1.82) is 0 Å². The highest BCUT2D eigenvalue weighted by molar-refractivity contribution is 7.93. The number of aromatic nitrogens is 1. The van der Waals surface area contributed by atoms with E-state index in [0.29, 0.717) is 18.1 Å². The maximum atomic E-state index is 11.9. The van der Waals surface area contributed by atoms with Gasteiger partial charge in [0.2, 0.25) is 15.9 Å². The zero-order valence-corrected chi connectivity index (χ0v) is 15.5. The van der Waals surface area contributed by atoms with Gasteiger partial charge in [0.15, 0.2) is 0 Å². The maximum Gasteiger partial charge on any atom is 0.235 e. The van der Waals surface area contributed by atoms with E-state index in [4.69, 9.17) is 4.42 Å². The predicted molar refractivity (Wildman–Crippen MR) is 103 cm³/mol. The number of oxazole rings is 1. The molecule has 1 aromatic heterocycles. The summed E-state index contributed by atoms with van der Waals surface area (Å²) in [4.78, 5) is 4.12. The third-order valence-electron chi connectivity index (χ3n) is 3.90. The molecule has 2 N–H and O–H groups in total. The van der Waals surface area contributed by atoms with E-state index >= 15 is 0 Å². The normalized spacial score (nSPS) is 11.5. The van der Waals surface area contributed by atoms with Crippen LogP contribution < -0.4 is 10.0 Å². The van der Waals surface area contributed by atoms with Gasteiger partial charge in [-0.15, -0.1) is 0 Å². The Morgan fingerprint density at radius 1 is 1.00 bits per heavy atom. The lowest BCUT2D eigenvalue weighted by Crippen LogP contribution is -2.22. The molecule has 0 bridgehead atoms. The molecule has 0 aliphatic carbocycles. The van der Waals surface area contributed by atoms with Crippen LogP contribution in [-0.2, 0) is 16.6 Å². The topological polar surface area (TPSA) is 84.2 Å². The van der Waals surface area contributed by atoms with Gasteiger partial charge in [-0.25, -0.2) is 13.4 Å². The van der Waals surface area contributed by atoms with Crippen molar-refractivity contribution in [3.05, 3.63) is 66.6 Å². The zero-order valence-electron chi connectivity index (χ0n) is 14.6. The van der Waals surface area contributed by atoms with Crippen molar-refractivity contribution in [3.63, 3.8) is 0 Å². The molecule has 136 valence electrons. The number of sulfonamides is 1. The second-order valence-electron chi connectivity index (χ2n) is 6.16. The third kappa shape index (κ3) is 4.43. The van der Waals surface area contributed by atoms with Gasteiger partial charge in [-0.05, 0) is 55.8 Å². The number of hydrogen-bond acceptors (Lipinski definition) is 5. The summed E-state index contributed by atoms with van der Waals surface area (Å²) < 4.78 is 31.6. The number of benzene rings is 2. The van der Waals surface area contributed by atoms with Gasteiger partial charge in [0.25, 0.3) is 0 Å². The molecular formula is C19H21N3O3S. The van der Waals surface area contributed by atoms with Crippen LogP contribution in [0.1, 0.15) is 19.4 Å². The highest BCUT2D eigenvalue weighted by Gasteiger charge is 2.15. The fraction of sp³-hybridized carbons (Fsp3) is 0.211.